The maximum absolute atomic E-state index is 12.4. The summed E-state index contributed by atoms with van der Waals surface area (Å²) < 4.78 is 73.3. The summed E-state index contributed by atoms with van der Waals surface area (Å²) in [7, 11) is -0.684. The molecular weight excluding hydrogens is 197 g/mol. The molecule has 0 heterocycles. The predicted molar refractivity (Wildman–Crippen MR) is 32.7 cm³/mol. The van der Waals surface area contributed by atoms with Crippen LogP contribution in [0.15, 0.2) is 0 Å². The molecule has 13 heavy (non-hydrogen) atoms. The van der Waals surface area contributed by atoms with Gasteiger partial charge in [-0.15, -0.1) is 0 Å². The van der Waals surface area contributed by atoms with Gasteiger partial charge in [0.1, 0.15) is 0 Å². The van der Waals surface area contributed by atoms with Crippen LogP contribution >= 0.6 is 0 Å². The van der Waals surface area contributed by atoms with E-state index in [1.54, 1.807) is 0 Å². The number of rotatable bonds is 1. The molecule has 7 heteroatoms. The molecule has 69 valence electrons. The molecule has 1 radical (unpaired) electrons. The fourth-order valence-corrected chi connectivity index (χ4v) is 0.718. The van der Waals surface area contributed by atoms with Crippen molar-refractivity contribution >= 4 is 13.0 Å². The van der Waals surface area contributed by atoms with Crippen molar-refractivity contribution in [3.8, 4) is 0 Å². The zero-order valence-corrected chi connectivity index (χ0v) is 5.85. The van der Waals surface area contributed by atoms with Crippen LogP contribution in [-0.2, 0) is 0 Å². The summed E-state index contributed by atoms with van der Waals surface area (Å²) in [6, 6.07) is 0. The second kappa shape index (κ2) is 3.31. The van der Waals surface area contributed by atoms with Gasteiger partial charge in [-0.1, -0.05) is 0 Å². The van der Waals surface area contributed by atoms with Crippen LogP contribution in [0.1, 0.15) is 0 Å². The molecule has 0 atom stereocenters. The Morgan fingerprint density at radius 3 is 1.23 bits per heavy atom. The molecule has 0 nitrogen and oxygen atoms in total. The first-order chi connectivity index (χ1) is 6.00. The fourth-order valence-electron chi connectivity index (χ4n) is 0.718. The summed E-state index contributed by atoms with van der Waals surface area (Å²) in [6.45, 7) is 0. The lowest BCUT2D eigenvalue weighted by Crippen LogP contribution is -2.24. The zero-order chi connectivity index (χ0) is 10.2. The summed E-state index contributed by atoms with van der Waals surface area (Å²) in [6.07, 6.45) is 0. The van der Waals surface area contributed by atoms with Crippen LogP contribution in [0, 0.1) is 29.1 Å². The molecule has 0 amide bonds. The van der Waals surface area contributed by atoms with Crippen molar-refractivity contribution in [3.63, 3.8) is 0 Å². The topological polar surface area (TPSA) is 0 Å². The van der Waals surface area contributed by atoms with Crippen LogP contribution in [0.25, 0.3) is 0 Å². The molecule has 0 spiro atoms. The third-order valence-corrected chi connectivity index (χ3v) is 1.35. The Morgan fingerprint density at radius 2 is 0.923 bits per heavy atom. The summed E-state index contributed by atoms with van der Waals surface area (Å²) in [5.74, 6) is -11.0. The highest BCUT2D eigenvalue weighted by molar-refractivity contribution is 6.46. The maximum atomic E-state index is 12.4. The van der Waals surface area contributed by atoms with Gasteiger partial charge in [-0.25, -0.2) is 22.0 Å². The minimum atomic E-state index is -2.30. The van der Waals surface area contributed by atoms with Crippen molar-refractivity contribution in [2.24, 2.45) is 0 Å². The van der Waals surface area contributed by atoms with Crippen LogP contribution in [0.4, 0.5) is 26.3 Å². The Labute approximate surface area is 69.5 Å². The van der Waals surface area contributed by atoms with Gasteiger partial charge in [-0.05, 0) is 0 Å². The highest BCUT2D eigenvalue weighted by Crippen LogP contribution is 2.15. The number of hydrogen-bond acceptors (Lipinski definition) is 0. The number of benzene rings is 1. The van der Waals surface area contributed by atoms with Gasteiger partial charge in [-0.3, -0.25) is 0 Å². The van der Waals surface area contributed by atoms with E-state index in [9.17, 15) is 26.3 Å². The van der Waals surface area contributed by atoms with Crippen molar-refractivity contribution < 1.29 is 26.3 Å². The van der Waals surface area contributed by atoms with Gasteiger partial charge in [0.15, 0.2) is 29.1 Å². The molecule has 0 aromatic heterocycles. The predicted octanol–water partition coefficient (Wildman–Crippen LogP) is 1.60. The first-order valence-electron chi connectivity index (χ1n) is 2.95. The minimum Gasteiger partial charge on any atom is -0.335 e. The summed E-state index contributed by atoms with van der Waals surface area (Å²) >= 11 is 0. The minimum absolute atomic E-state index is 0.684. The molecule has 0 N–H and O–H groups in total. The Bertz CT molecular complexity index is 320. The Balaban J connectivity index is 3.56. The molecule has 0 aliphatic rings. The molecule has 0 saturated heterocycles. The summed E-state index contributed by atoms with van der Waals surface area (Å²) in [5, 5.41) is 0. The van der Waals surface area contributed by atoms with E-state index in [2.05, 4.69) is 0 Å². The lowest BCUT2D eigenvalue weighted by molar-refractivity contribution is 0.383. The van der Waals surface area contributed by atoms with E-state index in [1.807, 2.05) is 0 Å². The SMILES string of the molecule is F[B]c1c(F)c(F)c(F)c(F)c1F. The van der Waals surface area contributed by atoms with Crippen LogP contribution in [0.5, 0.6) is 0 Å². The molecule has 0 aliphatic carbocycles. The molecule has 0 unspecified atom stereocenters. The van der Waals surface area contributed by atoms with Crippen LogP contribution in [-0.4, -0.2) is 7.56 Å². The molecule has 1 aromatic carbocycles. The Morgan fingerprint density at radius 1 is 0.615 bits per heavy atom. The lowest BCUT2D eigenvalue weighted by atomic mass is 9.89. The second-order valence-electron chi connectivity index (χ2n) is 2.09. The van der Waals surface area contributed by atoms with Crippen LogP contribution in [0.2, 0.25) is 0 Å². The third-order valence-electron chi connectivity index (χ3n) is 1.35. The molecule has 0 bridgehead atoms. The largest absolute Gasteiger partial charge is 0.398 e. The van der Waals surface area contributed by atoms with Crippen molar-refractivity contribution in [1.82, 2.24) is 0 Å². The molecular formula is C6BF6. The normalized spacial score (nSPS) is 10.3. The molecule has 1 rings (SSSR count). The van der Waals surface area contributed by atoms with Crippen molar-refractivity contribution in [3.05, 3.63) is 29.1 Å². The highest BCUT2D eigenvalue weighted by atomic mass is 19.2. The molecule has 0 saturated carbocycles. The van der Waals surface area contributed by atoms with E-state index < -0.39 is 42.1 Å². The van der Waals surface area contributed by atoms with Gasteiger partial charge in [-0.2, -0.15) is 0 Å². The van der Waals surface area contributed by atoms with E-state index in [-0.39, 0.29) is 0 Å². The van der Waals surface area contributed by atoms with E-state index in [1.165, 1.54) is 0 Å². The standard InChI is InChI=1S/C6BF6/c8-2-1(7-13)3(9)5(11)6(12)4(2)10. The third kappa shape index (κ3) is 1.38. The second-order valence-corrected chi connectivity index (χ2v) is 2.09. The van der Waals surface area contributed by atoms with E-state index >= 15 is 0 Å². The van der Waals surface area contributed by atoms with Gasteiger partial charge >= 0.3 is 7.56 Å². The average molecular weight is 197 g/mol. The average Bonchev–Trinajstić information content (AvgIpc) is 2.13. The lowest BCUT2D eigenvalue weighted by Gasteiger charge is -2.02. The maximum Gasteiger partial charge on any atom is 0.398 e. The molecule has 1 aromatic rings. The first kappa shape index (κ1) is 9.95. The van der Waals surface area contributed by atoms with Crippen LogP contribution in [0.3, 0.4) is 0 Å². The van der Waals surface area contributed by atoms with Gasteiger partial charge < -0.3 is 4.32 Å². The Hall–Kier alpha value is -1.14. The summed E-state index contributed by atoms with van der Waals surface area (Å²) in [5.41, 5.74) is -1.57. The monoisotopic (exact) mass is 197 g/mol. The molecule has 0 aliphatic heterocycles. The quantitative estimate of drug-likeness (QED) is 0.277. The van der Waals surface area contributed by atoms with Crippen LogP contribution < -0.4 is 5.46 Å². The number of halogens is 6. The van der Waals surface area contributed by atoms with Gasteiger partial charge in [0.05, 0.1) is 0 Å². The van der Waals surface area contributed by atoms with Gasteiger partial charge in [0.2, 0.25) is 0 Å². The Kier molecular flexibility index (Phi) is 2.54. The number of hydrogen-bond donors (Lipinski definition) is 0. The molecule has 0 fully saturated rings. The van der Waals surface area contributed by atoms with Crippen molar-refractivity contribution in [2.75, 3.05) is 0 Å². The van der Waals surface area contributed by atoms with E-state index in [4.69, 9.17) is 0 Å². The fraction of sp³-hybridized carbons (Fsp3) is 0. The van der Waals surface area contributed by atoms with Crippen molar-refractivity contribution in [1.29, 1.82) is 0 Å². The zero-order valence-electron chi connectivity index (χ0n) is 5.85. The van der Waals surface area contributed by atoms with Gasteiger partial charge in [0.25, 0.3) is 0 Å². The van der Waals surface area contributed by atoms with E-state index in [0.29, 0.717) is 0 Å². The smallest absolute Gasteiger partial charge is 0.335 e. The van der Waals surface area contributed by atoms with E-state index in [0.717, 1.165) is 0 Å². The van der Waals surface area contributed by atoms with Crippen molar-refractivity contribution in [2.45, 2.75) is 0 Å². The summed E-state index contributed by atoms with van der Waals surface area (Å²) in [4.78, 5) is 0. The first-order valence-corrected chi connectivity index (χ1v) is 2.95. The van der Waals surface area contributed by atoms with Gasteiger partial charge in [0, 0.05) is 5.46 Å². The highest BCUT2D eigenvalue weighted by Gasteiger charge is 2.25.